The summed E-state index contributed by atoms with van der Waals surface area (Å²) in [7, 11) is 0. The zero-order chi connectivity index (χ0) is 11.5. The standard InChI is InChI=1S/C9H13N3O4/c13-7-10-8(14)12(9(15)11-7)5-16-6-3-1-2-4-6/h6H,1-5H2,(H2,10,11,13,14,15). The molecule has 7 nitrogen and oxygen atoms in total. The zero-order valence-electron chi connectivity index (χ0n) is 8.69. The lowest BCUT2D eigenvalue weighted by Crippen LogP contribution is -2.44. The summed E-state index contributed by atoms with van der Waals surface area (Å²) in [6.45, 7) is -0.115. The second kappa shape index (κ2) is 4.48. The third-order valence-electron chi connectivity index (χ3n) is 2.67. The monoisotopic (exact) mass is 227 g/mol. The van der Waals surface area contributed by atoms with Crippen molar-refractivity contribution in [2.24, 2.45) is 0 Å². The van der Waals surface area contributed by atoms with E-state index in [0.29, 0.717) is 0 Å². The van der Waals surface area contributed by atoms with E-state index in [2.05, 4.69) is 0 Å². The summed E-state index contributed by atoms with van der Waals surface area (Å²) < 4.78 is 6.24. The van der Waals surface area contributed by atoms with Crippen molar-refractivity contribution in [2.75, 3.05) is 0 Å². The van der Waals surface area contributed by atoms with Crippen LogP contribution in [0.4, 0.5) is 0 Å². The molecule has 7 heteroatoms. The summed E-state index contributed by atoms with van der Waals surface area (Å²) in [6, 6.07) is 0. The van der Waals surface area contributed by atoms with Crippen molar-refractivity contribution >= 4 is 0 Å². The summed E-state index contributed by atoms with van der Waals surface area (Å²) >= 11 is 0. The van der Waals surface area contributed by atoms with Gasteiger partial charge in [-0.1, -0.05) is 12.8 Å². The minimum Gasteiger partial charge on any atom is -0.357 e. The molecule has 1 aromatic heterocycles. The number of aromatic amines is 2. The molecule has 0 unspecified atom stereocenters. The highest BCUT2D eigenvalue weighted by Gasteiger charge is 2.16. The molecular weight excluding hydrogens is 214 g/mol. The summed E-state index contributed by atoms with van der Waals surface area (Å²) in [5.74, 6) is 0. The molecule has 0 amide bonds. The first-order chi connectivity index (χ1) is 7.66. The molecule has 0 aliphatic heterocycles. The number of aromatic nitrogens is 3. The van der Waals surface area contributed by atoms with Crippen molar-refractivity contribution in [3.05, 3.63) is 31.5 Å². The van der Waals surface area contributed by atoms with Gasteiger partial charge in [-0.25, -0.2) is 19.0 Å². The Kier molecular flexibility index (Phi) is 3.04. The molecule has 1 aromatic rings. The van der Waals surface area contributed by atoms with Gasteiger partial charge in [-0.3, -0.25) is 9.97 Å². The molecule has 0 bridgehead atoms. The average Bonchev–Trinajstić information content (AvgIpc) is 2.68. The maximum Gasteiger partial charge on any atom is 0.335 e. The van der Waals surface area contributed by atoms with E-state index >= 15 is 0 Å². The second-order valence-corrected chi connectivity index (χ2v) is 3.82. The normalized spacial score (nSPS) is 16.8. The maximum absolute atomic E-state index is 11.3. The first-order valence-corrected chi connectivity index (χ1v) is 5.22. The lowest BCUT2D eigenvalue weighted by atomic mass is 10.3. The third-order valence-corrected chi connectivity index (χ3v) is 2.67. The van der Waals surface area contributed by atoms with E-state index in [1.165, 1.54) is 0 Å². The Balaban J connectivity index is 2.12. The number of rotatable bonds is 3. The molecule has 1 aliphatic rings. The quantitative estimate of drug-likeness (QED) is 0.702. The topological polar surface area (TPSA) is 96.9 Å². The number of ether oxygens (including phenoxy) is 1. The second-order valence-electron chi connectivity index (χ2n) is 3.82. The van der Waals surface area contributed by atoms with Gasteiger partial charge in [0.2, 0.25) is 0 Å². The first-order valence-electron chi connectivity index (χ1n) is 5.22. The molecule has 88 valence electrons. The van der Waals surface area contributed by atoms with Crippen molar-refractivity contribution in [2.45, 2.75) is 38.5 Å². The van der Waals surface area contributed by atoms with Crippen molar-refractivity contribution in [1.82, 2.24) is 14.5 Å². The van der Waals surface area contributed by atoms with Gasteiger partial charge in [0.1, 0.15) is 6.73 Å². The van der Waals surface area contributed by atoms with E-state index in [1.807, 2.05) is 9.97 Å². The van der Waals surface area contributed by atoms with Gasteiger partial charge in [0.05, 0.1) is 6.10 Å². The number of hydrogen-bond donors (Lipinski definition) is 2. The zero-order valence-corrected chi connectivity index (χ0v) is 8.69. The van der Waals surface area contributed by atoms with Crippen LogP contribution in [0.15, 0.2) is 14.4 Å². The molecule has 1 heterocycles. The van der Waals surface area contributed by atoms with Gasteiger partial charge in [0, 0.05) is 0 Å². The van der Waals surface area contributed by atoms with Gasteiger partial charge in [-0.2, -0.15) is 0 Å². The number of nitrogens with one attached hydrogen (secondary N) is 2. The Labute approximate surface area is 90.1 Å². The molecule has 2 N–H and O–H groups in total. The molecular formula is C9H13N3O4. The molecule has 0 atom stereocenters. The molecule has 16 heavy (non-hydrogen) atoms. The van der Waals surface area contributed by atoms with E-state index in [0.717, 1.165) is 30.3 Å². The summed E-state index contributed by atoms with van der Waals surface area (Å²) in [5.41, 5.74) is -2.29. The van der Waals surface area contributed by atoms with Crippen LogP contribution in [0.25, 0.3) is 0 Å². The third kappa shape index (κ3) is 2.30. The Bertz CT molecular complexity index is 486. The minimum atomic E-state index is -0.799. The first kappa shape index (κ1) is 10.9. The lowest BCUT2D eigenvalue weighted by molar-refractivity contribution is 0.00677. The molecule has 0 spiro atoms. The van der Waals surface area contributed by atoms with E-state index in [1.54, 1.807) is 0 Å². The largest absolute Gasteiger partial charge is 0.357 e. The van der Waals surface area contributed by atoms with Gasteiger partial charge >= 0.3 is 17.1 Å². The van der Waals surface area contributed by atoms with Crippen LogP contribution in [0, 0.1) is 0 Å². The highest BCUT2D eigenvalue weighted by Crippen LogP contribution is 2.20. The Morgan fingerprint density at radius 3 is 2.25 bits per heavy atom. The van der Waals surface area contributed by atoms with Gasteiger partial charge in [-0.05, 0) is 12.8 Å². The van der Waals surface area contributed by atoms with Crippen molar-refractivity contribution in [1.29, 1.82) is 0 Å². The van der Waals surface area contributed by atoms with E-state index in [-0.39, 0.29) is 12.8 Å². The predicted octanol–water partition coefficient (Wildman–Crippen LogP) is -0.858. The van der Waals surface area contributed by atoms with Crippen LogP contribution in [-0.2, 0) is 11.5 Å². The lowest BCUT2D eigenvalue weighted by Gasteiger charge is -2.10. The van der Waals surface area contributed by atoms with Crippen LogP contribution in [0.5, 0.6) is 0 Å². The summed E-state index contributed by atoms with van der Waals surface area (Å²) in [6.07, 6.45) is 4.24. The molecule has 1 saturated carbocycles. The van der Waals surface area contributed by atoms with E-state index < -0.39 is 17.1 Å². The molecule has 1 aliphatic carbocycles. The fraction of sp³-hybridized carbons (Fsp3) is 0.667. The number of H-pyrrole nitrogens is 2. The minimum absolute atomic E-state index is 0.109. The smallest absolute Gasteiger partial charge is 0.335 e. The van der Waals surface area contributed by atoms with Crippen molar-refractivity contribution < 1.29 is 4.74 Å². The molecule has 0 radical (unpaired) electrons. The maximum atomic E-state index is 11.3. The Hall–Kier alpha value is -1.63. The highest BCUT2D eigenvalue weighted by molar-refractivity contribution is 4.69. The number of nitrogens with zero attached hydrogens (tertiary/aromatic N) is 1. The van der Waals surface area contributed by atoms with Crippen LogP contribution in [0.3, 0.4) is 0 Å². The van der Waals surface area contributed by atoms with Crippen molar-refractivity contribution in [3.8, 4) is 0 Å². The molecule has 0 aromatic carbocycles. The van der Waals surface area contributed by atoms with Crippen LogP contribution >= 0.6 is 0 Å². The fourth-order valence-electron chi connectivity index (χ4n) is 1.80. The molecule has 1 fully saturated rings. The highest BCUT2D eigenvalue weighted by atomic mass is 16.5. The van der Waals surface area contributed by atoms with Crippen LogP contribution in [0.1, 0.15) is 25.7 Å². The Morgan fingerprint density at radius 2 is 1.69 bits per heavy atom. The van der Waals surface area contributed by atoms with Gasteiger partial charge in [0.25, 0.3) is 0 Å². The molecule has 2 rings (SSSR count). The van der Waals surface area contributed by atoms with E-state index in [4.69, 9.17) is 4.74 Å². The fourth-order valence-corrected chi connectivity index (χ4v) is 1.80. The van der Waals surface area contributed by atoms with Crippen LogP contribution in [0.2, 0.25) is 0 Å². The van der Waals surface area contributed by atoms with Gasteiger partial charge in [-0.15, -0.1) is 0 Å². The average molecular weight is 227 g/mol. The Morgan fingerprint density at radius 1 is 1.12 bits per heavy atom. The van der Waals surface area contributed by atoms with Gasteiger partial charge in [0.15, 0.2) is 0 Å². The van der Waals surface area contributed by atoms with Crippen molar-refractivity contribution in [3.63, 3.8) is 0 Å². The molecule has 0 saturated heterocycles. The van der Waals surface area contributed by atoms with E-state index in [9.17, 15) is 14.4 Å². The van der Waals surface area contributed by atoms with Crippen LogP contribution in [-0.4, -0.2) is 20.6 Å². The van der Waals surface area contributed by atoms with Crippen LogP contribution < -0.4 is 17.1 Å². The van der Waals surface area contributed by atoms with Gasteiger partial charge < -0.3 is 4.74 Å². The predicted molar refractivity (Wildman–Crippen MR) is 55.3 cm³/mol. The summed E-state index contributed by atoms with van der Waals surface area (Å²) in [4.78, 5) is 37.2. The number of hydrogen-bond acceptors (Lipinski definition) is 4. The summed E-state index contributed by atoms with van der Waals surface area (Å²) in [5, 5.41) is 0. The SMILES string of the molecule is O=c1[nH]c(=O)n(COC2CCCC2)c(=O)[nH]1.